The van der Waals surface area contributed by atoms with Gasteiger partial charge in [-0.2, -0.15) is 5.21 Å². The van der Waals surface area contributed by atoms with Crippen molar-refractivity contribution in [2.75, 3.05) is 18.2 Å². The van der Waals surface area contributed by atoms with Crippen LogP contribution < -0.4 is 15.6 Å². The Hall–Kier alpha value is -2.99. The molecule has 2 N–H and O–H groups in total. The van der Waals surface area contributed by atoms with E-state index in [1.54, 1.807) is 11.8 Å². The number of rotatable bonds is 6. The molecule has 0 atom stereocenters. The van der Waals surface area contributed by atoms with Crippen LogP contribution in [0.5, 0.6) is 5.75 Å². The molecule has 0 fully saturated rings. The number of aromatic nitrogens is 6. The fourth-order valence-corrected chi connectivity index (χ4v) is 4.27. The van der Waals surface area contributed by atoms with Gasteiger partial charge in [-0.25, -0.2) is 4.98 Å². The summed E-state index contributed by atoms with van der Waals surface area (Å²) in [5.41, 5.74) is 0.0539. The van der Waals surface area contributed by atoms with E-state index in [1.165, 1.54) is 21.9 Å². The van der Waals surface area contributed by atoms with E-state index in [1.807, 2.05) is 25.3 Å². The molecule has 1 amide bonds. The van der Waals surface area contributed by atoms with Crippen LogP contribution in [-0.4, -0.2) is 48.8 Å². The van der Waals surface area contributed by atoms with Gasteiger partial charge in [0.15, 0.2) is 4.96 Å². The van der Waals surface area contributed by atoms with Crippen LogP contribution in [0.1, 0.15) is 23.7 Å². The van der Waals surface area contributed by atoms with Gasteiger partial charge in [0, 0.05) is 12.3 Å². The van der Waals surface area contributed by atoms with Crippen LogP contribution in [0.4, 0.5) is 5.95 Å². The number of ether oxygens (including phenoxy) is 1. The Labute approximate surface area is 166 Å². The molecule has 0 aliphatic rings. The number of nitrogens with zero attached hydrogens (tertiary/aromatic N) is 5. The number of carbonyl (C=O) groups is 1. The molecule has 0 spiro atoms. The molecule has 144 valence electrons. The van der Waals surface area contributed by atoms with Gasteiger partial charge in [-0.3, -0.25) is 19.3 Å². The lowest BCUT2D eigenvalue weighted by atomic mass is 10.3. The average Bonchev–Trinajstić information content (AvgIpc) is 3.32. The molecule has 0 aliphatic carbocycles. The van der Waals surface area contributed by atoms with Crippen LogP contribution >= 0.6 is 23.1 Å². The second kappa shape index (κ2) is 7.56. The van der Waals surface area contributed by atoms with Gasteiger partial charge in [0.1, 0.15) is 11.3 Å². The maximum absolute atomic E-state index is 13.0. The van der Waals surface area contributed by atoms with Crippen LogP contribution in [0.25, 0.3) is 15.2 Å². The molecule has 10 nitrogen and oxygen atoms in total. The van der Waals surface area contributed by atoms with Crippen molar-refractivity contribution < 1.29 is 9.53 Å². The number of H-pyrrole nitrogens is 1. The maximum atomic E-state index is 13.0. The number of hydrogen-bond acceptors (Lipinski definition) is 9. The van der Waals surface area contributed by atoms with Crippen LogP contribution in [0.3, 0.4) is 0 Å². The highest BCUT2D eigenvalue weighted by molar-refractivity contribution is 7.98. The number of anilines is 1. The summed E-state index contributed by atoms with van der Waals surface area (Å²) in [6.45, 7) is 2.60. The first kappa shape index (κ1) is 18.4. The summed E-state index contributed by atoms with van der Waals surface area (Å²) >= 11 is 2.95. The van der Waals surface area contributed by atoms with Gasteiger partial charge in [-0.05, 0) is 24.0 Å². The van der Waals surface area contributed by atoms with Gasteiger partial charge >= 0.3 is 0 Å². The van der Waals surface area contributed by atoms with Gasteiger partial charge in [-0.15, -0.1) is 16.9 Å². The van der Waals surface area contributed by atoms with Crippen molar-refractivity contribution in [2.45, 2.75) is 18.2 Å². The predicted molar refractivity (Wildman–Crippen MR) is 107 cm³/mol. The molecule has 4 rings (SSSR count). The Morgan fingerprint density at radius 2 is 2.29 bits per heavy atom. The molecule has 3 heterocycles. The van der Waals surface area contributed by atoms with E-state index in [-0.39, 0.29) is 11.5 Å². The lowest BCUT2D eigenvalue weighted by molar-refractivity contribution is 0.102. The zero-order chi connectivity index (χ0) is 19.7. The minimum atomic E-state index is -0.657. The number of amides is 1. The molecule has 0 saturated carbocycles. The fraction of sp³-hybridized carbons (Fsp3) is 0.250. The first-order chi connectivity index (χ1) is 13.6. The Bertz CT molecular complexity index is 1220. The SMILES string of the molecule is CCCOc1cc2c(cc1SC)sc1ncc(C(=O)Nc3nn[nH]n3)c(=O)n12. The average molecular weight is 417 g/mol. The van der Waals surface area contributed by atoms with E-state index in [0.29, 0.717) is 22.8 Å². The number of hydrogen-bond donors (Lipinski definition) is 2. The monoisotopic (exact) mass is 417 g/mol. The largest absolute Gasteiger partial charge is 0.492 e. The summed E-state index contributed by atoms with van der Waals surface area (Å²) in [6.07, 6.45) is 4.10. The second-order valence-corrected chi connectivity index (χ2v) is 7.56. The van der Waals surface area contributed by atoms with Gasteiger partial charge in [-0.1, -0.05) is 23.4 Å². The Balaban J connectivity index is 1.85. The van der Waals surface area contributed by atoms with Gasteiger partial charge in [0.25, 0.3) is 17.4 Å². The number of fused-ring (bicyclic) bond motifs is 3. The summed E-state index contributed by atoms with van der Waals surface area (Å²) in [5.74, 6) is 0.0236. The highest BCUT2D eigenvalue weighted by atomic mass is 32.2. The molecule has 3 aromatic heterocycles. The quantitative estimate of drug-likeness (QED) is 0.457. The van der Waals surface area contributed by atoms with Crippen LogP contribution in [0.15, 0.2) is 28.0 Å². The molecular weight excluding hydrogens is 402 g/mol. The summed E-state index contributed by atoms with van der Waals surface area (Å²) in [4.78, 5) is 31.2. The van der Waals surface area contributed by atoms with E-state index in [2.05, 4.69) is 30.9 Å². The Morgan fingerprint density at radius 1 is 1.43 bits per heavy atom. The van der Waals surface area contributed by atoms with Gasteiger partial charge in [0.2, 0.25) is 0 Å². The van der Waals surface area contributed by atoms with E-state index in [4.69, 9.17) is 4.74 Å². The summed E-state index contributed by atoms with van der Waals surface area (Å²) in [6, 6.07) is 3.80. The van der Waals surface area contributed by atoms with Crippen molar-refractivity contribution in [2.24, 2.45) is 0 Å². The maximum Gasteiger partial charge on any atom is 0.271 e. The molecule has 28 heavy (non-hydrogen) atoms. The lowest BCUT2D eigenvalue weighted by Gasteiger charge is -2.09. The smallest absolute Gasteiger partial charge is 0.271 e. The third kappa shape index (κ3) is 3.20. The van der Waals surface area contributed by atoms with E-state index in [9.17, 15) is 9.59 Å². The fourth-order valence-electron chi connectivity index (χ4n) is 2.63. The molecule has 4 aromatic rings. The van der Waals surface area contributed by atoms with Crippen molar-refractivity contribution in [1.29, 1.82) is 0 Å². The summed E-state index contributed by atoms with van der Waals surface area (Å²) in [5, 5.41) is 15.3. The Morgan fingerprint density at radius 3 is 3.00 bits per heavy atom. The van der Waals surface area contributed by atoms with Crippen LogP contribution in [-0.2, 0) is 0 Å². The topological polar surface area (TPSA) is 127 Å². The lowest BCUT2D eigenvalue weighted by Crippen LogP contribution is -2.26. The second-order valence-electron chi connectivity index (χ2n) is 5.71. The molecular formula is C16H15N7O3S2. The normalized spacial score (nSPS) is 11.2. The number of benzene rings is 1. The third-order valence-corrected chi connectivity index (χ3v) is 5.67. The number of thiazole rings is 1. The van der Waals surface area contributed by atoms with Crippen molar-refractivity contribution in [3.05, 3.63) is 34.2 Å². The van der Waals surface area contributed by atoms with Crippen molar-refractivity contribution >= 4 is 50.1 Å². The van der Waals surface area contributed by atoms with E-state index >= 15 is 0 Å². The predicted octanol–water partition coefficient (Wildman–Crippen LogP) is 2.19. The van der Waals surface area contributed by atoms with Crippen molar-refractivity contribution in [3.8, 4) is 5.75 Å². The molecule has 1 aromatic carbocycles. The standard InChI is InChI=1S/C16H15N7O3S2/c1-3-4-26-10-5-9-11(6-12(10)27-2)28-16-17-7-8(14(25)23(9)16)13(24)18-15-19-21-22-20-15/h5-7H,3-4H2,1-2H3,(H2,18,19,20,21,22,24). The third-order valence-electron chi connectivity index (χ3n) is 3.89. The molecule has 0 saturated heterocycles. The van der Waals surface area contributed by atoms with Crippen LogP contribution in [0.2, 0.25) is 0 Å². The van der Waals surface area contributed by atoms with E-state index < -0.39 is 11.5 Å². The minimum absolute atomic E-state index is 0.0236. The van der Waals surface area contributed by atoms with Gasteiger partial charge in [0.05, 0.1) is 21.7 Å². The molecule has 0 unspecified atom stereocenters. The molecule has 12 heteroatoms. The highest BCUT2D eigenvalue weighted by Crippen LogP contribution is 2.35. The molecule has 0 radical (unpaired) electrons. The molecule has 0 bridgehead atoms. The number of nitrogens with one attached hydrogen (secondary N) is 2. The summed E-state index contributed by atoms with van der Waals surface area (Å²) < 4.78 is 8.14. The number of tetrazole rings is 1. The van der Waals surface area contributed by atoms with Crippen molar-refractivity contribution in [3.63, 3.8) is 0 Å². The Kier molecular flexibility index (Phi) is 4.96. The van der Waals surface area contributed by atoms with E-state index in [0.717, 1.165) is 16.0 Å². The zero-order valence-electron chi connectivity index (χ0n) is 14.9. The minimum Gasteiger partial charge on any atom is -0.492 e. The summed E-state index contributed by atoms with van der Waals surface area (Å²) in [7, 11) is 0. The number of thioether (sulfide) groups is 1. The first-order valence-electron chi connectivity index (χ1n) is 8.32. The number of carbonyl (C=O) groups excluding carboxylic acids is 1. The highest BCUT2D eigenvalue weighted by Gasteiger charge is 2.19. The molecule has 0 aliphatic heterocycles. The van der Waals surface area contributed by atoms with Crippen LogP contribution in [0, 0.1) is 0 Å². The number of aromatic amines is 1. The zero-order valence-corrected chi connectivity index (χ0v) is 16.6. The first-order valence-corrected chi connectivity index (χ1v) is 10.4. The van der Waals surface area contributed by atoms with Crippen molar-refractivity contribution in [1.82, 2.24) is 30.0 Å². The van der Waals surface area contributed by atoms with Gasteiger partial charge < -0.3 is 4.74 Å².